The van der Waals surface area contributed by atoms with Crippen molar-refractivity contribution in [3.8, 4) is 0 Å². The summed E-state index contributed by atoms with van der Waals surface area (Å²) < 4.78 is 0. The first kappa shape index (κ1) is 13.1. The van der Waals surface area contributed by atoms with Gasteiger partial charge in [0.1, 0.15) is 0 Å². The average Bonchev–Trinajstić information content (AvgIpc) is 2.36. The summed E-state index contributed by atoms with van der Waals surface area (Å²) in [4.78, 5) is 30.8. The van der Waals surface area contributed by atoms with E-state index in [1.165, 1.54) is 0 Å². The van der Waals surface area contributed by atoms with Gasteiger partial charge in [-0.2, -0.15) is 4.98 Å². The van der Waals surface area contributed by atoms with Crippen LogP contribution in [0.3, 0.4) is 0 Å². The van der Waals surface area contributed by atoms with Gasteiger partial charge in [-0.25, -0.2) is 4.79 Å². The van der Waals surface area contributed by atoms with Crippen molar-refractivity contribution < 1.29 is 9.90 Å². The molecule has 0 radical (unpaired) electrons. The summed E-state index contributed by atoms with van der Waals surface area (Å²) in [5.41, 5.74) is 10.1. The Morgan fingerprint density at radius 2 is 2.37 bits per heavy atom. The number of primary amides is 1. The van der Waals surface area contributed by atoms with Crippen LogP contribution in [0.1, 0.15) is 13.3 Å². The van der Waals surface area contributed by atoms with E-state index in [-0.39, 0.29) is 24.0 Å². The van der Waals surface area contributed by atoms with Crippen LogP contribution >= 0.6 is 0 Å². The van der Waals surface area contributed by atoms with Crippen LogP contribution in [0, 0.1) is 0 Å². The zero-order chi connectivity index (χ0) is 14.2. The maximum absolute atomic E-state index is 11.9. The molecule has 0 aliphatic carbocycles. The molecule has 1 aromatic rings. The molecule has 1 aliphatic heterocycles. The Labute approximate surface area is 108 Å². The highest BCUT2D eigenvalue weighted by Gasteiger charge is 2.36. The SMILES string of the molecule is CCC(O)C1CNc2nc(N)[nH]c(=O)c2N1C(N)=O. The number of nitrogens with two attached hydrogens (primary N) is 2. The third-order valence-electron chi connectivity index (χ3n) is 3.06. The van der Waals surface area contributed by atoms with Crippen LogP contribution in [-0.2, 0) is 0 Å². The predicted molar refractivity (Wildman–Crippen MR) is 69.9 cm³/mol. The molecule has 2 heterocycles. The van der Waals surface area contributed by atoms with Gasteiger partial charge in [-0.3, -0.25) is 14.7 Å². The number of nitrogen functional groups attached to an aromatic ring is 1. The number of fused-ring (bicyclic) bond motifs is 1. The number of carbonyl (C=O) groups excluding carboxylic acids is 1. The van der Waals surface area contributed by atoms with Crippen LogP contribution in [-0.4, -0.2) is 39.8 Å². The molecule has 2 atom stereocenters. The minimum absolute atomic E-state index is 0.0227. The summed E-state index contributed by atoms with van der Waals surface area (Å²) in [6.07, 6.45) is -0.378. The van der Waals surface area contributed by atoms with E-state index in [0.717, 1.165) is 4.90 Å². The molecule has 2 rings (SSSR count). The zero-order valence-electron chi connectivity index (χ0n) is 10.4. The number of anilines is 3. The van der Waals surface area contributed by atoms with Crippen molar-refractivity contribution in [1.82, 2.24) is 9.97 Å². The average molecular weight is 268 g/mol. The van der Waals surface area contributed by atoms with E-state index < -0.39 is 23.7 Å². The van der Waals surface area contributed by atoms with Crippen molar-refractivity contribution in [2.24, 2.45) is 5.73 Å². The standard InChI is InChI=1S/C10H16N6O3/c1-2-5(17)4-3-13-7-6(16(4)10(12)19)8(18)15-9(11)14-7/h4-5,17H,2-3H2,1H3,(H2,12,19)(H4,11,13,14,15,18). The molecular formula is C10H16N6O3. The molecule has 0 saturated heterocycles. The van der Waals surface area contributed by atoms with E-state index in [1.807, 2.05) is 0 Å². The van der Waals surface area contributed by atoms with Gasteiger partial charge in [0, 0.05) is 6.54 Å². The Morgan fingerprint density at radius 3 is 2.95 bits per heavy atom. The number of rotatable bonds is 2. The number of aliphatic hydroxyl groups is 1. The van der Waals surface area contributed by atoms with E-state index in [0.29, 0.717) is 6.42 Å². The van der Waals surface area contributed by atoms with Gasteiger partial charge in [-0.15, -0.1) is 0 Å². The highest BCUT2D eigenvalue weighted by molar-refractivity contribution is 5.95. The fraction of sp³-hybridized carbons (Fsp3) is 0.500. The summed E-state index contributed by atoms with van der Waals surface area (Å²) in [6.45, 7) is 2.01. The van der Waals surface area contributed by atoms with Crippen molar-refractivity contribution in [2.75, 3.05) is 22.5 Å². The molecule has 9 heteroatoms. The lowest BCUT2D eigenvalue weighted by atomic mass is 10.0. The highest BCUT2D eigenvalue weighted by Crippen LogP contribution is 2.27. The molecule has 7 N–H and O–H groups in total. The van der Waals surface area contributed by atoms with E-state index in [4.69, 9.17) is 11.5 Å². The van der Waals surface area contributed by atoms with Gasteiger partial charge in [0.15, 0.2) is 11.5 Å². The molecule has 0 aromatic carbocycles. The van der Waals surface area contributed by atoms with Gasteiger partial charge < -0.3 is 21.9 Å². The second-order valence-electron chi connectivity index (χ2n) is 4.28. The normalized spacial score (nSPS) is 19.5. The monoisotopic (exact) mass is 268 g/mol. The molecule has 0 bridgehead atoms. The largest absolute Gasteiger partial charge is 0.391 e. The lowest BCUT2D eigenvalue weighted by Crippen LogP contribution is -2.57. The van der Waals surface area contributed by atoms with Crippen LogP contribution in [0.2, 0.25) is 0 Å². The van der Waals surface area contributed by atoms with Gasteiger partial charge in [0.05, 0.1) is 12.1 Å². The molecule has 0 saturated carbocycles. The number of urea groups is 1. The second kappa shape index (κ2) is 4.76. The Bertz CT molecular complexity index is 557. The van der Waals surface area contributed by atoms with E-state index >= 15 is 0 Å². The summed E-state index contributed by atoms with van der Waals surface area (Å²) >= 11 is 0. The number of hydrogen-bond donors (Lipinski definition) is 5. The van der Waals surface area contributed by atoms with Gasteiger partial charge in [0.25, 0.3) is 5.56 Å². The molecule has 1 aliphatic rings. The maximum atomic E-state index is 11.9. The fourth-order valence-corrected chi connectivity index (χ4v) is 2.14. The predicted octanol–water partition coefficient (Wildman–Crippen LogP) is -1.20. The van der Waals surface area contributed by atoms with Crippen LogP contribution < -0.4 is 27.2 Å². The molecule has 0 spiro atoms. The number of aromatic amines is 1. The quantitative estimate of drug-likeness (QED) is 0.454. The highest BCUT2D eigenvalue weighted by atomic mass is 16.3. The number of nitrogens with one attached hydrogen (secondary N) is 2. The lowest BCUT2D eigenvalue weighted by molar-refractivity contribution is 0.140. The summed E-state index contributed by atoms with van der Waals surface area (Å²) in [7, 11) is 0. The molecule has 2 unspecified atom stereocenters. The van der Waals surface area contributed by atoms with Crippen molar-refractivity contribution in [2.45, 2.75) is 25.5 Å². The molecule has 104 valence electrons. The first-order chi connectivity index (χ1) is 8.95. The molecule has 2 amide bonds. The lowest BCUT2D eigenvalue weighted by Gasteiger charge is -2.37. The van der Waals surface area contributed by atoms with Crippen LogP contribution in [0.5, 0.6) is 0 Å². The second-order valence-corrected chi connectivity index (χ2v) is 4.28. The molecular weight excluding hydrogens is 252 g/mol. The number of nitrogens with zero attached hydrogens (tertiary/aromatic N) is 2. The topological polar surface area (TPSA) is 150 Å². The smallest absolute Gasteiger partial charge is 0.319 e. The third kappa shape index (κ3) is 2.19. The van der Waals surface area contributed by atoms with E-state index in [1.54, 1.807) is 6.92 Å². The zero-order valence-corrected chi connectivity index (χ0v) is 10.4. The maximum Gasteiger partial charge on any atom is 0.319 e. The van der Waals surface area contributed by atoms with Crippen molar-refractivity contribution in [1.29, 1.82) is 0 Å². The van der Waals surface area contributed by atoms with Crippen LogP contribution in [0.15, 0.2) is 4.79 Å². The van der Waals surface area contributed by atoms with Crippen molar-refractivity contribution >= 4 is 23.5 Å². The minimum atomic E-state index is -0.822. The summed E-state index contributed by atoms with van der Waals surface area (Å²) in [6, 6.07) is -1.45. The Morgan fingerprint density at radius 1 is 1.68 bits per heavy atom. The number of aromatic nitrogens is 2. The molecule has 19 heavy (non-hydrogen) atoms. The fourth-order valence-electron chi connectivity index (χ4n) is 2.14. The van der Waals surface area contributed by atoms with Gasteiger partial charge in [-0.1, -0.05) is 6.92 Å². The van der Waals surface area contributed by atoms with Crippen LogP contribution in [0.25, 0.3) is 0 Å². The van der Waals surface area contributed by atoms with Gasteiger partial charge >= 0.3 is 6.03 Å². The molecule has 1 aromatic heterocycles. The Kier molecular flexibility index (Phi) is 3.30. The Hall–Kier alpha value is -2.29. The third-order valence-corrected chi connectivity index (χ3v) is 3.06. The van der Waals surface area contributed by atoms with Gasteiger partial charge in [-0.05, 0) is 6.42 Å². The number of aliphatic hydroxyl groups excluding tert-OH is 1. The van der Waals surface area contributed by atoms with Crippen LogP contribution in [0.4, 0.5) is 22.2 Å². The number of amides is 2. The Balaban J connectivity index is 2.55. The van der Waals surface area contributed by atoms with E-state index in [9.17, 15) is 14.7 Å². The molecule has 0 fully saturated rings. The molecule has 9 nitrogen and oxygen atoms in total. The number of hydrogen-bond acceptors (Lipinski definition) is 6. The number of H-pyrrole nitrogens is 1. The van der Waals surface area contributed by atoms with Crippen molar-refractivity contribution in [3.63, 3.8) is 0 Å². The minimum Gasteiger partial charge on any atom is -0.391 e. The van der Waals surface area contributed by atoms with E-state index in [2.05, 4.69) is 15.3 Å². The van der Waals surface area contributed by atoms with Crippen molar-refractivity contribution in [3.05, 3.63) is 10.4 Å². The first-order valence-electron chi connectivity index (χ1n) is 5.86. The summed E-state index contributed by atoms with van der Waals surface area (Å²) in [5, 5.41) is 12.8. The number of carbonyl (C=O) groups is 1. The first-order valence-corrected chi connectivity index (χ1v) is 5.86. The van der Waals surface area contributed by atoms with Gasteiger partial charge in [0.2, 0.25) is 5.95 Å². The summed E-state index contributed by atoms with van der Waals surface area (Å²) in [5.74, 6) is 0.120.